The predicted molar refractivity (Wildman–Crippen MR) is 68.0 cm³/mol. The summed E-state index contributed by atoms with van der Waals surface area (Å²) in [4.78, 5) is 8.37. The average molecular weight is 256 g/mol. The highest BCUT2D eigenvalue weighted by molar-refractivity contribution is 5.57. The Hall–Kier alpha value is -2.70. The summed E-state index contributed by atoms with van der Waals surface area (Å²) in [6.45, 7) is 2.35. The second-order valence-corrected chi connectivity index (χ2v) is 4.17. The van der Waals surface area contributed by atoms with Crippen molar-refractivity contribution in [3.05, 3.63) is 42.3 Å². The van der Waals surface area contributed by atoms with Gasteiger partial charge in [-0.1, -0.05) is 5.16 Å². The molecule has 0 aliphatic carbocycles. The Morgan fingerprint density at radius 3 is 3.00 bits per heavy atom. The van der Waals surface area contributed by atoms with Gasteiger partial charge in [0.15, 0.2) is 0 Å². The van der Waals surface area contributed by atoms with E-state index in [-0.39, 0.29) is 0 Å². The van der Waals surface area contributed by atoms with E-state index in [4.69, 9.17) is 10.3 Å². The van der Waals surface area contributed by atoms with Crippen LogP contribution in [-0.2, 0) is 6.54 Å². The van der Waals surface area contributed by atoms with Crippen LogP contribution in [0.5, 0.6) is 0 Å². The number of aromatic nitrogens is 5. The van der Waals surface area contributed by atoms with E-state index < -0.39 is 0 Å². The fourth-order valence-corrected chi connectivity index (χ4v) is 1.76. The number of nitrogens with zero attached hydrogens (tertiary/aromatic N) is 5. The summed E-state index contributed by atoms with van der Waals surface area (Å²) in [6.07, 6.45) is 6.75. The van der Waals surface area contributed by atoms with E-state index in [1.807, 2.05) is 13.0 Å². The number of anilines is 1. The fraction of sp³-hybridized carbons (Fsp3) is 0.167. The lowest BCUT2D eigenvalue weighted by molar-refractivity contribution is 0.366. The highest BCUT2D eigenvalue weighted by Gasteiger charge is 2.11. The Morgan fingerprint density at radius 2 is 2.26 bits per heavy atom. The van der Waals surface area contributed by atoms with Crippen LogP contribution in [0.3, 0.4) is 0 Å². The van der Waals surface area contributed by atoms with Crippen LogP contribution in [0.15, 0.2) is 35.4 Å². The number of rotatable bonds is 3. The molecule has 3 aromatic rings. The first-order valence-electron chi connectivity index (χ1n) is 5.74. The summed E-state index contributed by atoms with van der Waals surface area (Å²) in [5, 5.41) is 8.03. The first kappa shape index (κ1) is 11.4. The molecule has 96 valence electrons. The fourth-order valence-electron chi connectivity index (χ4n) is 1.76. The van der Waals surface area contributed by atoms with E-state index in [9.17, 15) is 0 Å². The summed E-state index contributed by atoms with van der Waals surface area (Å²) < 4.78 is 6.85. The van der Waals surface area contributed by atoms with E-state index in [1.165, 1.54) is 0 Å². The summed E-state index contributed by atoms with van der Waals surface area (Å²) in [7, 11) is 0. The van der Waals surface area contributed by atoms with E-state index in [0.29, 0.717) is 23.9 Å². The predicted octanol–water partition coefficient (Wildman–Crippen LogP) is 1.27. The van der Waals surface area contributed by atoms with Crippen LogP contribution in [-0.4, -0.2) is 24.9 Å². The molecule has 0 aliphatic rings. The molecule has 3 rings (SSSR count). The zero-order chi connectivity index (χ0) is 13.2. The van der Waals surface area contributed by atoms with Crippen molar-refractivity contribution in [3.63, 3.8) is 0 Å². The molecule has 0 saturated carbocycles. The maximum absolute atomic E-state index is 5.59. The van der Waals surface area contributed by atoms with Gasteiger partial charge in [0, 0.05) is 24.2 Å². The third-order valence-corrected chi connectivity index (χ3v) is 2.68. The van der Waals surface area contributed by atoms with Crippen LogP contribution in [0, 0.1) is 6.92 Å². The second-order valence-electron chi connectivity index (χ2n) is 4.17. The first-order chi connectivity index (χ1) is 9.22. The van der Waals surface area contributed by atoms with Crippen LogP contribution in [0.4, 0.5) is 5.69 Å². The number of nitrogens with two attached hydrogens (primary N) is 1. The zero-order valence-electron chi connectivity index (χ0n) is 10.3. The largest absolute Gasteiger partial charge is 0.396 e. The zero-order valence-corrected chi connectivity index (χ0v) is 10.3. The van der Waals surface area contributed by atoms with Crippen LogP contribution < -0.4 is 5.73 Å². The molecule has 0 atom stereocenters. The van der Waals surface area contributed by atoms with Gasteiger partial charge in [0.1, 0.15) is 6.54 Å². The van der Waals surface area contributed by atoms with Crippen molar-refractivity contribution in [2.75, 3.05) is 5.73 Å². The molecule has 7 nitrogen and oxygen atoms in total. The molecule has 0 aliphatic heterocycles. The molecule has 0 bridgehead atoms. The molecule has 0 spiro atoms. The van der Waals surface area contributed by atoms with Crippen LogP contribution in [0.25, 0.3) is 11.4 Å². The van der Waals surface area contributed by atoms with Crippen molar-refractivity contribution < 1.29 is 4.52 Å². The summed E-state index contributed by atoms with van der Waals surface area (Å²) in [6, 6.07) is 1.86. The molecule has 3 aromatic heterocycles. The van der Waals surface area contributed by atoms with Gasteiger partial charge < -0.3 is 10.3 Å². The number of hydrogen-bond donors (Lipinski definition) is 1. The molecule has 7 heteroatoms. The van der Waals surface area contributed by atoms with Crippen LogP contribution in [0.2, 0.25) is 0 Å². The lowest BCUT2D eigenvalue weighted by atomic mass is 10.1. The SMILES string of the molecule is Cc1cnccc1-c1noc(Cn2cc(N)cn2)n1. The molecule has 0 aromatic carbocycles. The number of aryl methyl sites for hydroxylation is 1. The van der Waals surface area contributed by atoms with Crippen molar-refractivity contribution >= 4 is 5.69 Å². The summed E-state index contributed by atoms with van der Waals surface area (Å²) in [5.74, 6) is 1.03. The Morgan fingerprint density at radius 1 is 1.37 bits per heavy atom. The number of nitrogen functional groups attached to an aromatic ring is 1. The smallest absolute Gasteiger partial charge is 0.248 e. The van der Waals surface area contributed by atoms with Gasteiger partial charge in [-0.3, -0.25) is 9.67 Å². The minimum atomic E-state index is 0.397. The summed E-state index contributed by atoms with van der Waals surface area (Å²) in [5.41, 5.74) is 8.10. The van der Waals surface area contributed by atoms with Crippen molar-refractivity contribution in [2.24, 2.45) is 0 Å². The molecule has 0 fully saturated rings. The van der Waals surface area contributed by atoms with Crippen molar-refractivity contribution in [2.45, 2.75) is 13.5 Å². The second kappa shape index (κ2) is 4.52. The van der Waals surface area contributed by atoms with Gasteiger partial charge in [-0.05, 0) is 18.6 Å². The average Bonchev–Trinajstić information content (AvgIpc) is 3.00. The Labute approximate surface area is 109 Å². The number of hydrogen-bond acceptors (Lipinski definition) is 6. The van der Waals surface area contributed by atoms with Crippen molar-refractivity contribution in [1.29, 1.82) is 0 Å². The number of pyridine rings is 1. The lowest BCUT2D eigenvalue weighted by Crippen LogP contribution is -2.00. The van der Waals surface area contributed by atoms with Gasteiger partial charge >= 0.3 is 0 Å². The molecule has 0 unspecified atom stereocenters. The van der Waals surface area contributed by atoms with Crippen LogP contribution in [0.1, 0.15) is 11.5 Å². The minimum absolute atomic E-state index is 0.397. The van der Waals surface area contributed by atoms with Gasteiger partial charge in [0.05, 0.1) is 11.9 Å². The maximum atomic E-state index is 5.59. The monoisotopic (exact) mass is 256 g/mol. The van der Waals surface area contributed by atoms with Crippen molar-refractivity contribution in [3.8, 4) is 11.4 Å². The topological polar surface area (TPSA) is 95.7 Å². The Balaban J connectivity index is 1.86. The van der Waals surface area contributed by atoms with Crippen molar-refractivity contribution in [1.82, 2.24) is 24.9 Å². The van der Waals surface area contributed by atoms with E-state index in [0.717, 1.165) is 11.1 Å². The molecule has 0 saturated heterocycles. The minimum Gasteiger partial charge on any atom is -0.396 e. The summed E-state index contributed by atoms with van der Waals surface area (Å²) >= 11 is 0. The molecule has 19 heavy (non-hydrogen) atoms. The normalized spacial score (nSPS) is 10.8. The molecule has 0 radical (unpaired) electrons. The highest BCUT2D eigenvalue weighted by atomic mass is 16.5. The Bertz CT molecular complexity index is 702. The van der Waals surface area contributed by atoms with Gasteiger partial charge in [0.25, 0.3) is 0 Å². The molecule has 3 heterocycles. The van der Waals surface area contributed by atoms with E-state index >= 15 is 0 Å². The molecule has 2 N–H and O–H groups in total. The lowest BCUT2D eigenvalue weighted by Gasteiger charge is -1.97. The van der Waals surface area contributed by atoms with E-state index in [2.05, 4.69) is 20.2 Å². The quantitative estimate of drug-likeness (QED) is 0.758. The first-order valence-corrected chi connectivity index (χ1v) is 5.74. The van der Waals surface area contributed by atoms with Gasteiger partial charge in [-0.25, -0.2) is 0 Å². The third-order valence-electron chi connectivity index (χ3n) is 2.68. The van der Waals surface area contributed by atoms with E-state index in [1.54, 1.807) is 29.5 Å². The van der Waals surface area contributed by atoms with Gasteiger partial charge in [-0.2, -0.15) is 10.1 Å². The van der Waals surface area contributed by atoms with Gasteiger partial charge in [0.2, 0.25) is 11.7 Å². The third kappa shape index (κ3) is 2.30. The maximum Gasteiger partial charge on any atom is 0.248 e. The molecule has 0 amide bonds. The Kier molecular flexibility index (Phi) is 2.71. The molecular formula is C12H12N6O. The highest BCUT2D eigenvalue weighted by Crippen LogP contribution is 2.19. The van der Waals surface area contributed by atoms with Gasteiger partial charge in [-0.15, -0.1) is 0 Å². The standard InChI is InChI=1S/C12H12N6O/c1-8-4-14-3-2-10(8)12-16-11(19-17-12)7-18-6-9(13)5-15-18/h2-6H,7,13H2,1H3. The molecular weight excluding hydrogens is 244 g/mol. The van der Waals surface area contributed by atoms with Crippen LogP contribution >= 0.6 is 0 Å².